The van der Waals surface area contributed by atoms with Gasteiger partial charge in [-0.2, -0.15) is 0 Å². The molecule has 0 aliphatic carbocycles. The first-order valence-corrected chi connectivity index (χ1v) is 8.64. The summed E-state index contributed by atoms with van der Waals surface area (Å²) in [6.07, 6.45) is -1.37. The fraction of sp³-hybridized carbons (Fsp3) is 0.133. The van der Waals surface area contributed by atoms with Crippen molar-refractivity contribution in [1.29, 1.82) is 0 Å². The highest BCUT2D eigenvalue weighted by atomic mass is 79.9. The summed E-state index contributed by atoms with van der Waals surface area (Å²) in [6.45, 7) is 0. The largest absolute Gasteiger partial charge is 0.466 e. The number of amides is 1. The molecule has 6 nitrogen and oxygen atoms in total. The number of hydrogen-bond acceptors (Lipinski definition) is 4. The van der Waals surface area contributed by atoms with Gasteiger partial charge in [0.2, 0.25) is 10.0 Å². The summed E-state index contributed by atoms with van der Waals surface area (Å²) in [5, 5.41) is 13.4. The van der Waals surface area contributed by atoms with E-state index in [1.165, 1.54) is 24.3 Å². The number of nitrogens with one attached hydrogen (secondary N) is 1. The molecule has 0 heterocycles. The third-order valence-corrected chi connectivity index (χ3v) is 4.10. The van der Waals surface area contributed by atoms with Crippen molar-refractivity contribution in [2.75, 3.05) is 0 Å². The van der Waals surface area contributed by atoms with Crippen LogP contribution in [0.5, 0.6) is 5.75 Å². The number of carbonyl (C=O) groups is 1. The van der Waals surface area contributed by atoms with E-state index in [4.69, 9.17) is 39.5 Å². The maximum Gasteiger partial charge on any atom is 0.282 e. The average molecular weight is 469 g/mol. The van der Waals surface area contributed by atoms with E-state index in [0.717, 1.165) is 4.47 Å². The Morgan fingerprint density at radius 1 is 1.16 bits per heavy atom. The zero-order valence-corrected chi connectivity index (χ0v) is 16.1. The number of carbonyl (C=O) groups excluding carboxylic acids is 1. The molecule has 0 aliphatic rings. The maximum absolute atomic E-state index is 12.4. The van der Waals surface area contributed by atoms with Crippen LogP contribution in [-0.2, 0) is 0 Å². The smallest absolute Gasteiger partial charge is 0.282 e. The second-order valence-corrected chi connectivity index (χ2v) is 8.03. The number of nitro groups is 1. The van der Waals surface area contributed by atoms with E-state index in [1.54, 1.807) is 24.3 Å². The third-order valence-electron chi connectivity index (χ3n) is 2.97. The summed E-state index contributed by atoms with van der Waals surface area (Å²) < 4.78 is 4.31. The quantitative estimate of drug-likeness (QED) is 0.294. The van der Waals surface area contributed by atoms with Crippen molar-refractivity contribution < 1.29 is 14.5 Å². The Morgan fingerprint density at radius 2 is 1.76 bits per heavy atom. The van der Waals surface area contributed by atoms with Gasteiger partial charge in [-0.05, 0) is 30.3 Å². The van der Waals surface area contributed by atoms with Crippen molar-refractivity contribution in [3.8, 4) is 5.75 Å². The molecule has 25 heavy (non-hydrogen) atoms. The van der Waals surface area contributed by atoms with E-state index >= 15 is 0 Å². The van der Waals surface area contributed by atoms with E-state index in [0.29, 0.717) is 5.75 Å². The lowest BCUT2D eigenvalue weighted by atomic mass is 10.1. The van der Waals surface area contributed by atoms with Crippen LogP contribution in [0.3, 0.4) is 0 Å². The van der Waals surface area contributed by atoms with Crippen LogP contribution in [0.25, 0.3) is 0 Å². The normalized spacial score (nSPS) is 12.3. The SMILES string of the molecule is O=C(N[C@H](Oc1ccc(Br)cc1)C(Cl)(Cl)Cl)c1ccccc1[N+](=O)[O-]. The van der Waals surface area contributed by atoms with E-state index in [1.807, 2.05) is 0 Å². The number of benzene rings is 2. The molecule has 0 aliphatic heterocycles. The Labute approximate surface area is 166 Å². The van der Waals surface area contributed by atoms with Crippen molar-refractivity contribution >= 4 is 62.3 Å². The van der Waals surface area contributed by atoms with E-state index < -0.39 is 20.9 Å². The molecule has 132 valence electrons. The number of nitrogens with zero attached hydrogens (tertiary/aromatic N) is 1. The third kappa shape index (κ3) is 5.47. The van der Waals surface area contributed by atoms with E-state index in [9.17, 15) is 14.9 Å². The lowest BCUT2D eigenvalue weighted by molar-refractivity contribution is -0.385. The zero-order chi connectivity index (χ0) is 18.6. The van der Waals surface area contributed by atoms with Gasteiger partial charge in [0.25, 0.3) is 11.6 Å². The van der Waals surface area contributed by atoms with Crippen molar-refractivity contribution in [3.63, 3.8) is 0 Å². The maximum atomic E-state index is 12.4. The average Bonchev–Trinajstić information content (AvgIpc) is 2.55. The highest BCUT2D eigenvalue weighted by Gasteiger charge is 2.37. The van der Waals surface area contributed by atoms with Crippen molar-refractivity contribution in [3.05, 3.63) is 68.7 Å². The number of alkyl halides is 3. The molecule has 1 amide bonds. The van der Waals surface area contributed by atoms with Gasteiger partial charge in [0.1, 0.15) is 11.3 Å². The molecule has 2 aromatic carbocycles. The molecule has 1 atom stereocenters. The molecular formula is C15H10BrCl3N2O4. The molecular weight excluding hydrogens is 458 g/mol. The number of para-hydroxylation sites is 1. The van der Waals surface area contributed by atoms with Crippen LogP contribution in [0, 0.1) is 10.1 Å². The topological polar surface area (TPSA) is 81.5 Å². The van der Waals surface area contributed by atoms with Gasteiger partial charge in [-0.25, -0.2) is 0 Å². The molecule has 2 aromatic rings. The van der Waals surface area contributed by atoms with Gasteiger partial charge in [-0.1, -0.05) is 62.9 Å². The van der Waals surface area contributed by atoms with Crippen LogP contribution < -0.4 is 10.1 Å². The molecule has 0 bridgehead atoms. The second kappa shape index (κ2) is 8.23. The molecule has 0 fully saturated rings. The predicted molar refractivity (Wildman–Crippen MR) is 99.4 cm³/mol. The van der Waals surface area contributed by atoms with Gasteiger partial charge in [-0.15, -0.1) is 0 Å². The molecule has 0 aromatic heterocycles. The second-order valence-electron chi connectivity index (χ2n) is 4.74. The lowest BCUT2D eigenvalue weighted by Gasteiger charge is -2.26. The van der Waals surface area contributed by atoms with E-state index in [-0.39, 0.29) is 11.3 Å². The molecule has 2 rings (SSSR count). The Balaban J connectivity index is 2.24. The number of ether oxygens (including phenoxy) is 1. The number of hydrogen-bond donors (Lipinski definition) is 1. The molecule has 0 saturated heterocycles. The van der Waals surface area contributed by atoms with Crippen LogP contribution in [0.1, 0.15) is 10.4 Å². The predicted octanol–water partition coefficient (Wildman–Crippen LogP) is 4.86. The van der Waals surface area contributed by atoms with Crippen LogP contribution in [0.4, 0.5) is 5.69 Å². The fourth-order valence-corrected chi connectivity index (χ4v) is 2.41. The molecule has 0 unspecified atom stereocenters. The molecule has 1 N–H and O–H groups in total. The van der Waals surface area contributed by atoms with Gasteiger partial charge in [-0.3, -0.25) is 14.9 Å². The minimum absolute atomic E-state index is 0.175. The molecule has 10 heteroatoms. The lowest BCUT2D eigenvalue weighted by Crippen LogP contribution is -2.47. The van der Waals surface area contributed by atoms with Crippen molar-refractivity contribution in [2.45, 2.75) is 10.0 Å². The van der Waals surface area contributed by atoms with Gasteiger partial charge >= 0.3 is 0 Å². The van der Waals surface area contributed by atoms with Crippen LogP contribution in [0.15, 0.2) is 53.0 Å². The summed E-state index contributed by atoms with van der Waals surface area (Å²) in [5.41, 5.74) is -0.544. The number of halogens is 4. The number of nitro benzene ring substituents is 1. The Hall–Kier alpha value is -1.54. The number of rotatable bonds is 5. The summed E-state index contributed by atoms with van der Waals surface area (Å²) in [6, 6.07) is 12.0. The fourth-order valence-electron chi connectivity index (χ4n) is 1.85. The standard InChI is InChI=1S/C15H10BrCl3N2O4/c16-9-5-7-10(8-6-9)25-14(15(17,18)19)20-13(22)11-3-1-2-4-12(11)21(23)24/h1-8,14H,(H,20,22)/t14-/m1/s1. The Morgan fingerprint density at radius 3 is 2.32 bits per heavy atom. The summed E-state index contributed by atoms with van der Waals surface area (Å²) in [4.78, 5) is 22.8. The zero-order valence-electron chi connectivity index (χ0n) is 12.3. The Bertz CT molecular complexity index is 781. The molecule has 0 spiro atoms. The summed E-state index contributed by atoms with van der Waals surface area (Å²) in [5.74, 6) is -0.469. The minimum atomic E-state index is -2.01. The first kappa shape index (κ1) is 19.8. The highest BCUT2D eigenvalue weighted by molar-refractivity contribution is 9.10. The molecule has 0 radical (unpaired) electrons. The summed E-state index contributed by atoms with van der Waals surface area (Å²) >= 11 is 20.9. The highest BCUT2D eigenvalue weighted by Crippen LogP contribution is 2.32. The van der Waals surface area contributed by atoms with Gasteiger partial charge < -0.3 is 10.1 Å². The Kier molecular flexibility index (Phi) is 6.51. The van der Waals surface area contributed by atoms with Gasteiger partial charge in [0, 0.05) is 10.5 Å². The van der Waals surface area contributed by atoms with Gasteiger partial charge in [0.15, 0.2) is 0 Å². The van der Waals surface area contributed by atoms with Crippen molar-refractivity contribution in [2.24, 2.45) is 0 Å². The van der Waals surface area contributed by atoms with Crippen molar-refractivity contribution in [1.82, 2.24) is 5.32 Å². The minimum Gasteiger partial charge on any atom is -0.466 e. The van der Waals surface area contributed by atoms with Crippen LogP contribution in [-0.4, -0.2) is 20.9 Å². The van der Waals surface area contributed by atoms with Crippen LogP contribution >= 0.6 is 50.7 Å². The van der Waals surface area contributed by atoms with E-state index in [2.05, 4.69) is 21.2 Å². The monoisotopic (exact) mass is 466 g/mol. The summed E-state index contributed by atoms with van der Waals surface area (Å²) in [7, 11) is 0. The van der Waals surface area contributed by atoms with Gasteiger partial charge in [0.05, 0.1) is 4.92 Å². The van der Waals surface area contributed by atoms with Crippen LogP contribution in [0.2, 0.25) is 0 Å². The molecule has 0 saturated carbocycles. The first-order chi connectivity index (χ1) is 11.7. The first-order valence-electron chi connectivity index (χ1n) is 6.71.